The second-order valence-electron chi connectivity index (χ2n) is 8.99. The van der Waals surface area contributed by atoms with Gasteiger partial charge in [0.2, 0.25) is 17.6 Å². The van der Waals surface area contributed by atoms with Crippen LogP contribution in [0.2, 0.25) is 0 Å². The highest BCUT2D eigenvalue weighted by atomic mass is 32.1. The summed E-state index contributed by atoms with van der Waals surface area (Å²) in [5, 5.41) is 7.31. The molecule has 10 heteroatoms. The average molecular weight is 453 g/mol. The molecule has 2 N–H and O–H groups in total. The Morgan fingerprint density at radius 1 is 1.19 bits per heavy atom. The highest BCUT2D eigenvalue weighted by Crippen LogP contribution is 2.24. The number of amides is 3. The monoisotopic (exact) mass is 452 g/mol. The molecule has 1 aromatic rings. The molecule has 3 atom stereocenters. The number of Topliss-reactive ketones (excluding diaryl/α,β-unsaturated/α-hetero) is 1. The Bertz CT molecular complexity index is 803. The lowest BCUT2D eigenvalue weighted by Gasteiger charge is -2.31. The summed E-state index contributed by atoms with van der Waals surface area (Å²) in [4.78, 5) is 56.3. The van der Waals surface area contributed by atoms with E-state index >= 15 is 0 Å². The molecular weight excluding hydrogens is 420 g/mol. The third kappa shape index (κ3) is 6.75. The van der Waals surface area contributed by atoms with Crippen molar-refractivity contribution in [3.05, 3.63) is 16.6 Å². The molecule has 0 aromatic carbocycles. The van der Waals surface area contributed by atoms with Crippen LogP contribution in [0.5, 0.6) is 0 Å². The van der Waals surface area contributed by atoms with Crippen LogP contribution in [0.15, 0.2) is 11.6 Å². The number of aromatic nitrogens is 1. The summed E-state index contributed by atoms with van der Waals surface area (Å²) < 4.78 is 5.17. The Morgan fingerprint density at radius 3 is 2.42 bits per heavy atom. The van der Waals surface area contributed by atoms with Gasteiger partial charge in [-0.2, -0.15) is 0 Å². The zero-order chi connectivity index (χ0) is 23.3. The van der Waals surface area contributed by atoms with Crippen LogP contribution in [-0.4, -0.2) is 63.8 Å². The van der Waals surface area contributed by atoms with E-state index in [1.807, 2.05) is 13.8 Å². The van der Waals surface area contributed by atoms with Crippen molar-refractivity contribution in [2.45, 2.75) is 78.1 Å². The fourth-order valence-corrected chi connectivity index (χ4v) is 3.94. The Balaban J connectivity index is 2.05. The molecule has 1 aliphatic heterocycles. The molecule has 3 amide bonds. The van der Waals surface area contributed by atoms with E-state index in [-0.39, 0.29) is 17.6 Å². The van der Waals surface area contributed by atoms with Gasteiger partial charge in [0, 0.05) is 18.1 Å². The molecule has 0 unspecified atom stereocenters. The number of alkyl carbamates (subject to hydrolysis) is 1. The van der Waals surface area contributed by atoms with Gasteiger partial charge in [-0.25, -0.2) is 9.78 Å². The molecule has 1 fully saturated rings. The van der Waals surface area contributed by atoms with Gasteiger partial charge in [-0.05, 0) is 46.5 Å². The molecular formula is C21H32N4O5S. The molecule has 31 heavy (non-hydrogen) atoms. The van der Waals surface area contributed by atoms with Crippen molar-refractivity contribution >= 4 is 35.0 Å². The minimum Gasteiger partial charge on any atom is -0.444 e. The predicted octanol–water partition coefficient (Wildman–Crippen LogP) is 2.37. The number of carbonyl (C=O) groups excluding carboxylic acids is 4. The normalized spacial score (nSPS) is 18.4. The number of likely N-dealkylation sites (tertiary alicyclic amines) is 1. The second kappa shape index (κ2) is 10.2. The quantitative estimate of drug-likeness (QED) is 0.613. The summed E-state index contributed by atoms with van der Waals surface area (Å²) in [6.07, 6.45) is 2.13. The van der Waals surface area contributed by atoms with E-state index in [0.717, 1.165) is 0 Å². The Morgan fingerprint density at radius 2 is 1.87 bits per heavy atom. The molecule has 0 spiro atoms. The smallest absolute Gasteiger partial charge is 0.408 e. The van der Waals surface area contributed by atoms with Crippen LogP contribution < -0.4 is 10.6 Å². The first-order valence-electron chi connectivity index (χ1n) is 10.4. The lowest BCUT2D eigenvalue weighted by molar-refractivity contribution is -0.138. The summed E-state index contributed by atoms with van der Waals surface area (Å²) in [6, 6.07) is -2.29. The van der Waals surface area contributed by atoms with Gasteiger partial charge in [0.05, 0.1) is 6.04 Å². The number of hydrogen-bond acceptors (Lipinski definition) is 7. The fourth-order valence-electron chi connectivity index (χ4n) is 3.31. The minimum atomic E-state index is -0.893. The van der Waals surface area contributed by atoms with Gasteiger partial charge in [0.1, 0.15) is 17.7 Å². The predicted molar refractivity (Wildman–Crippen MR) is 117 cm³/mol. The summed E-state index contributed by atoms with van der Waals surface area (Å²) in [5.41, 5.74) is -0.689. The van der Waals surface area contributed by atoms with Gasteiger partial charge < -0.3 is 20.3 Å². The third-order valence-electron chi connectivity index (χ3n) is 4.84. The average Bonchev–Trinajstić information content (AvgIpc) is 3.34. The molecule has 1 saturated heterocycles. The molecule has 0 saturated carbocycles. The minimum absolute atomic E-state index is 0.172. The first-order valence-corrected chi connectivity index (χ1v) is 11.3. The SMILES string of the molecule is CC(C)[C@H](NC(=O)[C@H](C)NC(=O)OC(C)(C)C)C(=O)N1CCC[C@H]1C(=O)c1nccs1. The van der Waals surface area contributed by atoms with Crippen LogP contribution in [0.1, 0.15) is 64.2 Å². The summed E-state index contributed by atoms with van der Waals surface area (Å²) in [5.74, 6) is -1.18. The van der Waals surface area contributed by atoms with E-state index in [0.29, 0.717) is 24.4 Å². The van der Waals surface area contributed by atoms with Crippen LogP contribution in [0.4, 0.5) is 4.79 Å². The molecule has 0 bridgehead atoms. The first-order chi connectivity index (χ1) is 14.4. The first kappa shape index (κ1) is 24.8. The van der Waals surface area contributed by atoms with Crippen LogP contribution in [0.3, 0.4) is 0 Å². The maximum Gasteiger partial charge on any atom is 0.408 e. The van der Waals surface area contributed by atoms with Crippen LogP contribution in [0, 0.1) is 5.92 Å². The van der Waals surface area contributed by atoms with E-state index in [9.17, 15) is 19.2 Å². The van der Waals surface area contributed by atoms with Crippen molar-refractivity contribution in [3.8, 4) is 0 Å². The van der Waals surface area contributed by atoms with Crippen LogP contribution >= 0.6 is 11.3 Å². The lowest BCUT2D eigenvalue weighted by Crippen LogP contribution is -2.57. The maximum absolute atomic E-state index is 13.3. The fraction of sp³-hybridized carbons (Fsp3) is 0.667. The molecule has 0 radical (unpaired) electrons. The van der Waals surface area contributed by atoms with Crippen molar-refractivity contribution in [2.75, 3.05) is 6.54 Å². The van der Waals surface area contributed by atoms with Gasteiger partial charge >= 0.3 is 6.09 Å². The number of ether oxygens (including phenoxy) is 1. The zero-order valence-electron chi connectivity index (χ0n) is 18.9. The zero-order valence-corrected chi connectivity index (χ0v) is 19.7. The topological polar surface area (TPSA) is 118 Å². The summed E-state index contributed by atoms with van der Waals surface area (Å²) >= 11 is 1.25. The van der Waals surface area contributed by atoms with Crippen LogP contribution in [0.25, 0.3) is 0 Å². The van der Waals surface area contributed by atoms with E-state index in [1.54, 1.807) is 37.2 Å². The molecule has 2 heterocycles. The van der Waals surface area contributed by atoms with Crippen molar-refractivity contribution in [1.29, 1.82) is 0 Å². The highest BCUT2D eigenvalue weighted by molar-refractivity contribution is 7.11. The maximum atomic E-state index is 13.3. The van der Waals surface area contributed by atoms with Crippen molar-refractivity contribution in [3.63, 3.8) is 0 Å². The molecule has 1 aromatic heterocycles. The number of thiazole rings is 1. The van der Waals surface area contributed by atoms with Crippen molar-refractivity contribution < 1.29 is 23.9 Å². The standard InChI is InChI=1S/C21H32N4O5S/c1-12(2)15(24-17(27)13(3)23-20(29)30-21(4,5)6)19(28)25-10-7-8-14(25)16(26)18-22-9-11-31-18/h9,11-15H,7-8,10H2,1-6H3,(H,23,29)(H,24,27)/t13-,14-,15-/m0/s1. The lowest BCUT2D eigenvalue weighted by atomic mass is 10.0. The van der Waals surface area contributed by atoms with E-state index < -0.39 is 35.7 Å². The number of ketones is 1. The van der Waals surface area contributed by atoms with E-state index in [1.165, 1.54) is 18.3 Å². The number of rotatable bonds is 7. The Labute approximate surface area is 186 Å². The highest BCUT2D eigenvalue weighted by Gasteiger charge is 2.40. The molecule has 2 rings (SSSR count). The Hall–Kier alpha value is -2.49. The number of hydrogen-bond donors (Lipinski definition) is 2. The van der Waals surface area contributed by atoms with Gasteiger partial charge in [-0.1, -0.05) is 13.8 Å². The van der Waals surface area contributed by atoms with Crippen molar-refractivity contribution in [1.82, 2.24) is 20.5 Å². The number of nitrogens with one attached hydrogen (secondary N) is 2. The van der Waals surface area contributed by atoms with Crippen molar-refractivity contribution in [2.24, 2.45) is 5.92 Å². The molecule has 9 nitrogen and oxygen atoms in total. The Kier molecular flexibility index (Phi) is 8.16. The van der Waals surface area contributed by atoms with Gasteiger partial charge in [-0.3, -0.25) is 14.4 Å². The third-order valence-corrected chi connectivity index (χ3v) is 5.63. The van der Waals surface area contributed by atoms with E-state index in [4.69, 9.17) is 4.74 Å². The van der Waals surface area contributed by atoms with E-state index in [2.05, 4.69) is 15.6 Å². The number of nitrogens with zero attached hydrogens (tertiary/aromatic N) is 2. The van der Waals surface area contributed by atoms with Gasteiger partial charge in [-0.15, -0.1) is 11.3 Å². The molecule has 0 aliphatic carbocycles. The largest absolute Gasteiger partial charge is 0.444 e. The second-order valence-corrected chi connectivity index (χ2v) is 9.88. The molecule has 172 valence electrons. The summed E-state index contributed by atoms with van der Waals surface area (Å²) in [7, 11) is 0. The molecule has 1 aliphatic rings. The van der Waals surface area contributed by atoms with Gasteiger partial charge in [0.15, 0.2) is 5.01 Å². The number of carbonyl (C=O) groups is 4. The van der Waals surface area contributed by atoms with Gasteiger partial charge in [0.25, 0.3) is 0 Å². The summed E-state index contributed by atoms with van der Waals surface area (Å²) in [6.45, 7) is 10.8. The van der Waals surface area contributed by atoms with Crippen LogP contribution in [-0.2, 0) is 14.3 Å².